The number of amides is 1. The van der Waals surface area contributed by atoms with Gasteiger partial charge in [-0.05, 0) is 39.0 Å². The Morgan fingerprint density at radius 1 is 1.33 bits per heavy atom. The number of likely N-dealkylation sites (tertiary alicyclic amines) is 1. The molecule has 5 nitrogen and oxygen atoms in total. The molecule has 0 spiro atoms. The SMILES string of the molecule is CCCC(NC(C)C(=O)N1CCCCC1CC)C(=O)O.Cl. The third-order valence-corrected chi connectivity index (χ3v) is 4.08. The van der Waals surface area contributed by atoms with Crippen LogP contribution >= 0.6 is 12.4 Å². The van der Waals surface area contributed by atoms with Crippen LogP contribution in [0.15, 0.2) is 0 Å². The molecule has 1 saturated heterocycles. The number of nitrogens with zero attached hydrogens (tertiary/aromatic N) is 1. The second kappa shape index (κ2) is 10.0. The molecule has 6 heteroatoms. The van der Waals surface area contributed by atoms with Crippen LogP contribution in [0, 0.1) is 0 Å². The fraction of sp³-hybridized carbons (Fsp3) is 0.867. The molecule has 0 bridgehead atoms. The molecule has 1 aliphatic rings. The minimum Gasteiger partial charge on any atom is -0.480 e. The van der Waals surface area contributed by atoms with Gasteiger partial charge >= 0.3 is 5.97 Å². The standard InChI is InChI=1S/C15H28N2O3.ClH/c1-4-8-13(15(19)20)16-11(3)14(18)17-10-7-6-9-12(17)5-2;/h11-13,16H,4-10H2,1-3H3,(H,19,20);1H. The van der Waals surface area contributed by atoms with Gasteiger partial charge < -0.3 is 10.0 Å². The summed E-state index contributed by atoms with van der Waals surface area (Å²) in [6, 6.07) is -0.756. The van der Waals surface area contributed by atoms with Crippen molar-refractivity contribution >= 4 is 24.3 Å². The lowest BCUT2D eigenvalue weighted by molar-refractivity contribution is -0.141. The molecule has 1 amide bonds. The third kappa shape index (κ3) is 5.83. The number of nitrogens with one attached hydrogen (secondary N) is 1. The molecular weight excluding hydrogens is 292 g/mol. The summed E-state index contributed by atoms with van der Waals surface area (Å²) in [5, 5.41) is 12.1. The number of halogens is 1. The zero-order chi connectivity index (χ0) is 15.1. The predicted octanol–water partition coefficient (Wildman–Crippen LogP) is 2.43. The number of piperidine rings is 1. The van der Waals surface area contributed by atoms with Crippen LogP contribution in [-0.4, -0.2) is 46.6 Å². The monoisotopic (exact) mass is 320 g/mol. The van der Waals surface area contributed by atoms with E-state index in [0.29, 0.717) is 12.5 Å². The van der Waals surface area contributed by atoms with Crippen molar-refractivity contribution in [1.29, 1.82) is 0 Å². The van der Waals surface area contributed by atoms with Crippen LogP contribution in [0.25, 0.3) is 0 Å². The van der Waals surface area contributed by atoms with Crippen LogP contribution in [0.2, 0.25) is 0 Å². The van der Waals surface area contributed by atoms with Crippen LogP contribution < -0.4 is 5.32 Å². The zero-order valence-electron chi connectivity index (χ0n) is 13.3. The van der Waals surface area contributed by atoms with Gasteiger partial charge in [0.2, 0.25) is 5.91 Å². The number of carboxylic acids is 1. The van der Waals surface area contributed by atoms with Gasteiger partial charge in [0.25, 0.3) is 0 Å². The molecule has 1 heterocycles. The maximum atomic E-state index is 12.5. The molecule has 21 heavy (non-hydrogen) atoms. The smallest absolute Gasteiger partial charge is 0.320 e. The van der Waals surface area contributed by atoms with Gasteiger partial charge in [0.1, 0.15) is 6.04 Å². The Hall–Kier alpha value is -0.810. The van der Waals surface area contributed by atoms with E-state index in [-0.39, 0.29) is 18.3 Å². The maximum Gasteiger partial charge on any atom is 0.320 e. The quantitative estimate of drug-likeness (QED) is 0.756. The summed E-state index contributed by atoms with van der Waals surface area (Å²) in [7, 11) is 0. The lowest BCUT2D eigenvalue weighted by Gasteiger charge is -2.37. The van der Waals surface area contributed by atoms with E-state index in [1.807, 2.05) is 11.8 Å². The largest absolute Gasteiger partial charge is 0.480 e. The van der Waals surface area contributed by atoms with Crippen LogP contribution in [0.1, 0.15) is 59.3 Å². The highest BCUT2D eigenvalue weighted by molar-refractivity contribution is 5.85. The fourth-order valence-electron chi connectivity index (χ4n) is 2.90. The fourth-order valence-corrected chi connectivity index (χ4v) is 2.90. The second-order valence-electron chi connectivity index (χ2n) is 5.66. The minimum absolute atomic E-state index is 0. The van der Waals surface area contributed by atoms with Gasteiger partial charge in [0.15, 0.2) is 0 Å². The third-order valence-electron chi connectivity index (χ3n) is 4.08. The van der Waals surface area contributed by atoms with E-state index in [9.17, 15) is 9.59 Å². The molecule has 1 fully saturated rings. The molecular formula is C15H29ClN2O3. The molecule has 0 saturated carbocycles. The van der Waals surface area contributed by atoms with Crippen molar-refractivity contribution in [1.82, 2.24) is 10.2 Å². The summed E-state index contributed by atoms with van der Waals surface area (Å²) in [5.41, 5.74) is 0. The Morgan fingerprint density at radius 2 is 2.00 bits per heavy atom. The lowest BCUT2D eigenvalue weighted by atomic mass is 9.99. The molecule has 3 unspecified atom stereocenters. The number of carbonyl (C=O) groups excluding carboxylic acids is 1. The second-order valence-corrected chi connectivity index (χ2v) is 5.66. The van der Waals surface area contributed by atoms with Gasteiger partial charge in [-0.25, -0.2) is 0 Å². The first-order valence-corrected chi connectivity index (χ1v) is 7.80. The van der Waals surface area contributed by atoms with Gasteiger partial charge in [0.05, 0.1) is 6.04 Å². The zero-order valence-corrected chi connectivity index (χ0v) is 14.1. The number of aliphatic carboxylic acids is 1. The molecule has 2 N–H and O–H groups in total. The van der Waals surface area contributed by atoms with Gasteiger partial charge in [-0.15, -0.1) is 12.4 Å². The van der Waals surface area contributed by atoms with Crippen LogP contribution in [-0.2, 0) is 9.59 Å². The summed E-state index contributed by atoms with van der Waals surface area (Å²) in [6.07, 6.45) is 5.59. The Labute approximate surface area is 133 Å². The van der Waals surface area contributed by atoms with Crippen molar-refractivity contribution < 1.29 is 14.7 Å². The first-order valence-electron chi connectivity index (χ1n) is 7.80. The molecule has 0 aromatic rings. The summed E-state index contributed by atoms with van der Waals surface area (Å²) in [6.45, 7) is 6.62. The average molecular weight is 321 g/mol. The van der Waals surface area contributed by atoms with E-state index >= 15 is 0 Å². The van der Waals surface area contributed by atoms with E-state index in [0.717, 1.165) is 32.2 Å². The average Bonchev–Trinajstić information content (AvgIpc) is 2.45. The number of carboxylic acid groups (broad SMARTS) is 1. The molecule has 0 aromatic heterocycles. The summed E-state index contributed by atoms with van der Waals surface area (Å²) < 4.78 is 0. The number of rotatable bonds is 7. The topological polar surface area (TPSA) is 69.6 Å². The molecule has 0 radical (unpaired) electrons. The molecule has 124 valence electrons. The maximum absolute atomic E-state index is 12.5. The predicted molar refractivity (Wildman–Crippen MR) is 85.8 cm³/mol. The van der Waals surface area contributed by atoms with E-state index < -0.39 is 18.1 Å². The molecule has 0 aliphatic carbocycles. The molecule has 0 aromatic carbocycles. The van der Waals surface area contributed by atoms with Crippen LogP contribution in [0.3, 0.4) is 0 Å². The number of hydrogen-bond acceptors (Lipinski definition) is 3. The van der Waals surface area contributed by atoms with Gasteiger partial charge in [-0.2, -0.15) is 0 Å². The highest BCUT2D eigenvalue weighted by Crippen LogP contribution is 2.20. The Balaban J connectivity index is 0.00000400. The molecule has 1 aliphatic heterocycles. The molecule has 3 atom stereocenters. The van der Waals surface area contributed by atoms with Gasteiger partial charge in [-0.3, -0.25) is 14.9 Å². The first-order chi connectivity index (χ1) is 9.51. The normalized spacial score (nSPS) is 21.3. The van der Waals surface area contributed by atoms with Crippen molar-refractivity contribution in [3.05, 3.63) is 0 Å². The van der Waals surface area contributed by atoms with Gasteiger partial charge in [0, 0.05) is 12.6 Å². The van der Waals surface area contributed by atoms with E-state index in [4.69, 9.17) is 5.11 Å². The van der Waals surface area contributed by atoms with Crippen LogP contribution in [0.5, 0.6) is 0 Å². The van der Waals surface area contributed by atoms with Crippen molar-refractivity contribution in [3.8, 4) is 0 Å². The van der Waals surface area contributed by atoms with E-state index in [2.05, 4.69) is 12.2 Å². The Kier molecular flexibility index (Phi) is 9.62. The van der Waals surface area contributed by atoms with Crippen molar-refractivity contribution in [3.63, 3.8) is 0 Å². The van der Waals surface area contributed by atoms with Crippen molar-refractivity contribution in [2.45, 2.75) is 77.4 Å². The van der Waals surface area contributed by atoms with Gasteiger partial charge in [-0.1, -0.05) is 20.3 Å². The minimum atomic E-state index is -0.878. The molecule has 1 rings (SSSR count). The Morgan fingerprint density at radius 3 is 2.52 bits per heavy atom. The van der Waals surface area contributed by atoms with E-state index in [1.165, 1.54) is 6.42 Å². The Bertz CT molecular complexity index is 339. The summed E-state index contributed by atoms with van der Waals surface area (Å²) in [4.78, 5) is 25.6. The first kappa shape index (κ1) is 20.2. The number of hydrogen-bond donors (Lipinski definition) is 2. The lowest BCUT2D eigenvalue weighted by Crippen LogP contribution is -2.54. The highest BCUT2D eigenvalue weighted by Gasteiger charge is 2.30. The van der Waals surface area contributed by atoms with Crippen LogP contribution in [0.4, 0.5) is 0 Å². The summed E-state index contributed by atoms with van der Waals surface area (Å²) in [5.74, 6) is -0.837. The van der Waals surface area contributed by atoms with E-state index in [1.54, 1.807) is 6.92 Å². The summed E-state index contributed by atoms with van der Waals surface area (Å²) >= 11 is 0. The van der Waals surface area contributed by atoms with Crippen molar-refractivity contribution in [2.75, 3.05) is 6.54 Å². The highest BCUT2D eigenvalue weighted by atomic mass is 35.5. The van der Waals surface area contributed by atoms with Crippen molar-refractivity contribution in [2.24, 2.45) is 0 Å². The number of carbonyl (C=O) groups is 2.